The molecule has 21 heavy (non-hydrogen) atoms. The van der Waals surface area contributed by atoms with Crippen LogP contribution in [0.25, 0.3) is 10.1 Å². The first-order chi connectivity index (χ1) is 10.2. The molecule has 3 rings (SSSR count). The van der Waals surface area contributed by atoms with Crippen molar-refractivity contribution in [1.29, 1.82) is 0 Å². The summed E-state index contributed by atoms with van der Waals surface area (Å²) in [6.45, 7) is 5.28. The summed E-state index contributed by atoms with van der Waals surface area (Å²) in [5.74, 6) is 0. The minimum Gasteiger partial charge on any atom is -0.305 e. The third-order valence-corrected chi connectivity index (χ3v) is 6.29. The summed E-state index contributed by atoms with van der Waals surface area (Å²) in [5.41, 5.74) is 1.17. The number of hydrogen-bond donors (Lipinski definition) is 1. The lowest BCUT2D eigenvalue weighted by Crippen LogP contribution is -2.21. The summed E-state index contributed by atoms with van der Waals surface area (Å²) < 4.78 is 2.24. The van der Waals surface area contributed by atoms with E-state index in [1.807, 2.05) is 11.3 Å². The van der Waals surface area contributed by atoms with Crippen LogP contribution in [-0.4, -0.2) is 6.54 Å². The van der Waals surface area contributed by atoms with E-state index in [0.717, 1.165) is 17.3 Å². The number of halogens is 1. The molecule has 1 unspecified atom stereocenters. The van der Waals surface area contributed by atoms with Crippen LogP contribution in [0.1, 0.15) is 34.7 Å². The van der Waals surface area contributed by atoms with Crippen molar-refractivity contribution < 1.29 is 0 Å². The van der Waals surface area contributed by atoms with E-state index >= 15 is 0 Å². The Labute approximate surface area is 138 Å². The van der Waals surface area contributed by atoms with Crippen LogP contribution in [0.2, 0.25) is 4.34 Å². The first-order valence-electron chi connectivity index (χ1n) is 7.16. The van der Waals surface area contributed by atoms with Crippen LogP contribution >= 0.6 is 34.3 Å². The van der Waals surface area contributed by atoms with Gasteiger partial charge in [-0.2, -0.15) is 0 Å². The highest BCUT2D eigenvalue weighted by molar-refractivity contribution is 7.19. The van der Waals surface area contributed by atoms with E-state index in [4.69, 9.17) is 11.6 Å². The standard InChI is InChI=1S/C17H18ClNS2/c1-3-8-19-16(14-9-11(2)17(18)21-14)15-10-12-6-4-5-7-13(12)20-15/h4-7,9-10,16,19H,3,8H2,1-2H3. The van der Waals surface area contributed by atoms with Crippen LogP contribution < -0.4 is 5.32 Å². The summed E-state index contributed by atoms with van der Waals surface area (Å²) in [4.78, 5) is 2.67. The molecule has 4 heteroatoms. The van der Waals surface area contributed by atoms with Gasteiger partial charge in [-0.05, 0) is 49.0 Å². The van der Waals surface area contributed by atoms with Gasteiger partial charge >= 0.3 is 0 Å². The molecule has 0 spiro atoms. The van der Waals surface area contributed by atoms with E-state index in [0.29, 0.717) is 0 Å². The van der Waals surface area contributed by atoms with E-state index in [9.17, 15) is 0 Å². The molecule has 1 N–H and O–H groups in total. The van der Waals surface area contributed by atoms with Gasteiger partial charge in [0.25, 0.3) is 0 Å². The third kappa shape index (κ3) is 3.16. The van der Waals surface area contributed by atoms with Crippen LogP contribution in [0.3, 0.4) is 0 Å². The van der Waals surface area contributed by atoms with Gasteiger partial charge in [-0.15, -0.1) is 22.7 Å². The number of benzene rings is 1. The number of rotatable bonds is 5. The topological polar surface area (TPSA) is 12.0 Å². The molecule has 0 aliphatic heterocycles. The zero-order valence-electron chi connectivity index (χ0n) is 12.2. The molecule has 2 heterocycles. The zero-order valence-corrected chi connectivity index (χ0v) is 14.5. The van der Waals surface area contributed by atoms with Gasteiger partial charge in [0.1, 0.15) is 0 Å². The monoisotopic (exact) mass is 335 g/mol. The molecule has 0 bridgehead atoms. The zero-order chi connectivity index (χ0) is 14.8. The number of thiophene rings is 2. The van der Waals surface area contributed by atoms with Crippen molar-refractivity contribution in [3.63, 3.8) is 0 Å². The molecule has 0 radical (unpaired) electrons. The molecule has 1 aromatic carbocycles. The molecule has 110 valence electrons. The van der Waals surface area contributed by atoms with Gasteiger partial charge < -0.3 is 5.32 Å². The fourth-order valence-electron chi connectivity index (χ4n) is 2.40. The van der Waals surface area contributed by atoms with Gasteiger partial charge in [0, 0.05) is 14.5 Å². The number of fused-ring (bicyclic) bond motifs is 1. The van der Waals surface area contributed by atoms with Crippen molar-refractivity contribution in [2.75, 3.05) is 6.54 Å². The van der Waals surface area contributed by atoms with E-state index < -0.39 is 0 Å². The van der Waals surface area contributed by atoms with Crippen LogP contribution in [0.5, 0.6) is 0 Å². The van der Waals surface area contributed by atoms with Crippen molar-refractivity contribution in [3.8, 4) is 0 Å². The maximum atomic E-state index is 6.27. The molecule has 0 saturated heterocycles. The van der Waals surface area contributed by atoms with Gasteiger partial charge in [0.05, 0.1) is 10.4 Å². The number of nitrogens with one attached hydrogen (secondary N) is 1. The first-order valence-corrected chi connectivity index (χ1v) is 9.18. The number of aryl methyl sites for hydroxylation is 1. The average Bonchev–Trinajstić information content (AvgIpc) is 3.04. The summed E-state index contributed by atoms with van der Waals surface area (Å²) in [7, 11) is 0. The first kappa shape index (κ1) is 15.0. The fourth-order valence-corrected chi connectivity index (χ4v) is 4.95. The molecule has 1 nitrogen and oxygen atoms in total. The van der Waals surface area contributed by atoms with Gasteiger partial charge in [0.2, 0.25) is 0 Å². The molecular formula is C17H18ClNS2. The predicted octanol–water partition coefficient (Wildman–Crippen LogP) is 6.01. The normalized spacial score (nSPS) is 12.9. The Balaban J connectivity index is 2.01. The van der Waals surface area contributed by atoms with Gasteiger partial charge in [-0.1, -0.05) is 36.7 Å². The maximum Gasteiger partial charge on any atom is 0.0961 e. The van der Waals surface area contributed by atoms with E-state index in [1.165, 1.54) is 25.4 Å². The summed E-state index contributed by atoms with van der Waals surface area (Å²) in [6.07, 6.45) is 1.12. The van der Waals surface area contributed by atoms with Crippen molar-refractivity contribution in [1.82, 2.24) is 5.32 Å². The minimum absolute atomic E-state index is 0.249. The van der Waals surface area contributed by atoms with Gasteiger partial charge in [-0.3, -0.25) is 0 Å². The second-order valence-electron chi connectivity index (χ2n) is 5.18. The lowest BCUT2D eigenvalue weighted by atomic mass is 10.1. The summed E-state index contributed by atoms with van der Waals surface area (Å²) >= 11 is 9.82. The lowest BCUT2D eigenvalue weighted by molar-refractivity contribution is 0.613. The fraction of sp³-hybridized carbons (Fsp3) is 0.294. The molecule has 0 saturated carbocycles. The van der Waals surface area contributed by atoms with Gasteiger partial charge in [0.15, 0.2) is 0 Å². The highest BCUT2D eigenvalue weighted by Gasteiger charge is 2.19. The summed E-state index contributed by atoms with van der Waals surface area (Å²) in [6, 6.07) is 13.3. The van der Waals surface area contributed by atoms with Crippen LogP contribution in [0, 0.1) is 6.92 Å². The number of hydrogen-bond acceptors (Lipinski definition) is 3. The van der Waals surface area contributed by atoms with E-state index in [1.54, 1.807) is 11.3 Å². The van der Waals surface area contributed by atoms with E-state index in [2.05, 4.69) is 55.6 Å². The average molecular weight is 336 g/mol. The highest BCUT2D eigenvalue weighted by atomic mass is 35.5. The van der Waals surface area contributed by atoms with Crippen molar-refractivity contribution >= 4 is 44.4 Å². The van der Waals surface area contributed by atoms with Crippen molar-refractivity contribution in [2.45, 2.75) is 26.3 Å². The smallest absolute Gasteiger partial charge is 0.0961 e. The quantitative estimate of drug-likeness (QED) is 0.601. The highest BCUT2D eigenvalue weighted by Crippen LogP contribution is 2.38. The van der Waals surface area contributed by atoms with Gasteiger partial charge in [-0.25, -0.2) is 0 Å². The molecule has 1 atom stereocenters. The molecule has 0 aliphatic rings. The van der Waals surface area contributed by atoms with Crippen molar-refractivity contribution in [3.05, 3.63) is 56.1 Å². The second kappa shape index (κ2) is 6.49. The summed E-state index contributed by atoms with van der Waals surface area (Å²) in [5, 5.41) is 4.99. The molecule has 3 aromatic rings. The van der Waals surface area contributed by atoms with Crippen molar-refractivity contribution in [2.24, 2.45) is 0 Å². The minimum atomic E-state index is 0.249. The molecular weight excluding hydrogens is 318 g/mol. The maximum absolute atomic E-state index is 6.27. The Bertz CT molecular complexity index is 692. The predicted molar refractivity (Wildman–Crippen MR) is 96.0 cm³/mol. The Kier molecular flexibility index (Phi) is 4.65. The Morgan fingerprint density at radius 2 is 1.90 bits per heavy atom. The second-order valence-corrected chi connectivity index (χ2v) is 7.98. The Morgan fingerprint density at radius 1 is 1.14 bits per heavy atom. The molecule has 2 aromatic heterocycles. The lowest BCUT2D eigenvalue weighted by Gasteiger charge is -2.15. The largest absolute Gasteiger partial charge is 0.305 e. The Hall–Kier alpha value is -0.870. The van der Waals surface area contributed by atoms with Crippen LogP contribution in [0.15, 0.2) is 36.4 Å². The molecule has 0 amide bonds. The molecule has 0 fully saturated rings. The Morgan fingerprint density at radius 3 is 2.57 bits per heavy atom. The van der Waals surface area contributed by atoms with Crippen LogP contribution in [-0.2, 0) is 0 Å². The third-order valence-electron chi connectivity index (χ3n) is 3.49. The SMILES string of the molecule is CCCNC(c1cc(C)c(Cl)s1)c1cc2ccccc2s1. The molecule has 0 aliphatic carbocycles. The van der Waals surface area contributed by atoms with Crippen LogP contribution in [0.4, 0.5) is 0 Å². The van der Waals surface area contributed by atoms with E-state index in [-0.39, 0.29) is 6.04 Å².